The molecule has 3 amide bonds. The lowest BCUT2D eigenvalue weighted by molar-refractivity contribution is -0.138. The number of aromatic nitrogens is 3. The average molecular weight is 464 g/mol. The van der Waals surface area contributed by atoms with Gasteiger partial charge in [-0.05, 0) is 56.4 Å². The summed E-state index contributed by atoms with van der Waals surface area (Å²) in [6, 6.07) is 7.17. The highest BCUT2D eigenvalue weighted by atomic mass is 16.2. The van der Waals surface area contributed by atoms with Crippen LogP contribution in [-0.2, 0) is 33.3 Å². The van der Waals surface area contributed by atoms with E-state index < -0.39 is 5.41 Å². The molecule has 34 heavy (non-hydrogen) atoms. The molecule has 4 rings (SSSR count). The molecule has 0 aliphatic carbocycles. The monoisotopic (exact) mass is 463 g/mol. The minimum absolute atomic E-state index is 0.153. The number of hydrogen-bond donors (Lipinski definition) is 3. The minimum atomic E-state index is -0.738. The second-order valence-corrected chi connectivity index (χ2v) is 8.93. The van der Waals surface area contributed by atoms with Crippen molar-refractivity contribution in [3.63, 3.8) is 0 Å². The average Bonchev–Trinajstić information content (AvgIpc) is 3.07. The van der Waals surface area contributed by atoms with Crippen molar-refractivity contribution in [3.05, 3.63) is 57.0 Å². The van der Waals surface area contributed by atoms with Crippen LogP contribution in [0.2, 0.25) is 0 Å². The molecule has 9 heteroatoms. The standard InChI is InChI=1S/C25H29N5O4/c1-5-25(13-12-20(32)27-24(25)34)16-6-8-17(9-7-16)26-19(31)11-10-18-14(2)21-15(3)29-30(4)22(21)28-23(18)33/h6-9H,5,10-13H2,1-4H3,(H,26,31)(H,28,33)(H,27,32,34). The largest absolute Gasteiger partial charge is 0.326 e. The number of aromatic amines is 1. The quantitative estimate of drug-likeness (QED) is 0.484. The summed E-state index contributed by atoms with van der Waals surface area (Å²) in [5.41, 5.74) is 3.41. The van der Waals surface area contributed by atoms with Crippen LogP contribution in [0.25, 0.3) is 11.0 Å². The third-order valence-electron chi connectivity index (χ3n) is 6.95. The third-order valence-corrected chi connectivity index (χ3v) is 6.95. The molecule has 3 N–H and O–H groups in total. The Bertz CT molecular complexity index is 1350. The second-order valence-electron chi connectivity index (χ2n) is 8.93. The molecule has 2 aromatic heterocycles. The lowest BCUT2D eigenvalue weighted by Crippen LogP contribution is -2.51. The first-order chi connectivity index (χ1) is 16.2. The fraction of sp³-hybridized carbons (Fsp3) is 0.400. The first kappa shape index (κ1) is 23.4. The summed E-state index contributed by atoms with van der Waals surface area (Å²) in [4.78, 5) is 52.2. The molecular weight excluding hydrogens is 434 g/mol. The number of amides is 3. The van der Waals surface area contributed by atoms with Gasteiger partial charge < -0.3 is 10.3 Å². The molecule has 1 unspecified atom stereocenters. The minimum Gasteiger partial charge on any atom is -0.326 e. The van der Waals surface area contributed by atoms with Gasteiger partial charge in [0.25, 0.3) is 5.56 Å². The van der Waals surface area contributed by atoms with Gasteiger partial charge in [-0.25, -0.2) is 0 Å². The number of pyridine rings is 1. The van der Waals surface area contributed by atoms with Gasteiger partial charge in [0.2, 0.25) is 17.7 Å². The predicted octanol–water partition coefficient (Wildman–Crippen LogP) is 2.53. The fourth-order valence-electron chi connectivity index (χ4n) is 4.96. The van der Waals surface area contributed by atoms with Gasteiger partial charge in [0, 0.05) is 36.5 Å². The van der Waals surface area contributed by atoms with Crippen molar-refractivity contribution in [1.29, 1.82) is 0 Å². The Hall–Kier alpha value is -3.75. The maximum absolute atomic E-state index is 12.6. The molecule has 1 aliphatic heterocycles. The molecule has 0 radical (unpaired) electrons. The van der Waals surface area contributed by atoms with Crippen LogP contribution in [0.4, 0.5) is 5.69 Å². The smallest absolute Gasteiger partial charge is 0.253 e. The van der Waals surface area contributed by atoms with Gasteiger partial charge in [0.1, 0.15) is 5.65 Å². The van der Waals surface area contributed by atoms with Crippen LogP contribution in [0.1, 0.15) is 55.0 Å². The summed E-state index contributed by atoms with van der Waals surface area (Å²) in [5, 5.41) is 10.6. The van der Waals surface area contributed by atoms with Gasteiger partial charge in [-0.3, -0.25) is 29.2 Å². The first-order valence-electron chi connectivity index (χ1n) is 11.5. The molecule has 1 aliphatic rings. The van der Waals surface area contributed by atoms with Crippen molar-refractivity contribution < 1.29 is 14.4 Å². The number of carbonyl (C=O) groups excluding carboxylic acids is 3. The maximum Gasteiger partial charge on any atom is 0.253 e. The zero-order chi connectivity index (χ0) is 24.6. The number of nitrogens with one attached hydrogen (secondary N) is 3. The van der Waals surface area contributed by atoms with Crippen molar-refractivity contribution in [2.75, 3.05) is 5.32 Å². The van der Waals surface area contributed by atoms with E-state index in [2.05, 4.69) is 20.7 Å². The molecule has 0 saturated carbocycles. The molecule has 1 aromatic carbocycles. The zero-order valence-electron chi connectivity index (χ0n) is 19.9. The number of imide groups is 1. The van der Waals surface area contributed by atoms with Gasteiger partial charge in [0.05, 0.1) is 11.1 Å². The van der Waals surface area contributed by atoms with Crippen LogP contribution in [0, 0.1) is 13.8 Å². The van der Waals surface area contributed by atoms with Crippen LogP contribution in [0.5, 0.6) is 0 Å². The second kappa shape index (κ2) is 8.89. The van der Waals surface area contributed by atoms with Crippen molar-refractivity contribution in [2.24, 2.45) is 7.05 Å². The van der Waals surface area contributed by atoms with E-state index in [1.165, 1.54) is 0 Å². The maximum atomic E-state index is 12.6. The van der Waals surface area contributed by atoms with Crippen LogP contribution in [-0.4, -0.2) is 32.5 Å². The van der Waals surface area contributed by atoms with Crippen molar-refractivity contribution in [1.82, 2.24) is 20.1 Å². The van der Waals surface area contributed by atoms with Crippen molar-refractivity contribution in [3.8, 4) is 0 Å². The summed E-state index contributed by atoms with van der Waals surface area (Å²) < 4.78 is 1.65. The molecule has 0 bridgehead atoms. The van der Waals surface area contributed by atoms with E-state index in [1.54, 1.807) is 23.9 Å². The van der Waals surface area contributed by atoms with E-state index in [0.29, 0.717) is 42.6 Å². The van der Waals surface area contributed by atoms with Crippen LogP contribution in [0.15, 0.2) is 29.1 Å². The highest BCUT2D eigenvalue weighted by Gasteiger charge is 2.42. The number of fused-ring (bicyclic) bond motifs is 1. The van der Waals surface area contributed by atoms with Gasteiger partial charge in [-0.1, -0.05) is 19.1 Å². The Morgan fingerprint density at radius 3 is 2.53 bits per heavy atom. The molecule has 0 spiro atoms. The van der Waals surface area contributed by atoms with Gasteiger partial charge in [0.15, 0.2) is 0 Å². The van der Waals surface area contributed by atoms with E-state index >= 15 is 0 Å². The topological polar surface area (TPSA) is 126 Å². The SMILES string of the molecule is CCC1(c2ccc(NC(=O)CCc3c(C)c4c(C)nn(C)c4[nH]c3=O)cc2)CCC(=O)NC1=O. The third kappa shape index (κ3) is 4.02. The molecule has 3 heterocycles. The number of carbonyl (C=O) groups is 3. The molecule has 9 nitrogen and oxygen atoms in total. The number of hydrogen-bond acceptors (Lipinski definition) is 5. The number of piperidine rings is 1. The molecule has 178 valence electrons. The van der Waals surface area contributed by atoms with E-state index in [-0.39, 0.29) is 29.7 Å². The lowest BCUT2D eigenvalue weighted by Gasteiger charge is -2.35. The Morgan fingerprint density at radius 2 is 1.88 bits per heavy atom. The molecular formula is C25H29N5O4. The summed E-state index contributed by atoms with van der Waals surface area (Å²) in [5.74, 6) is -0.727. The molecule has 3 aromatic rings. The van der Waals surface area contributed by atoms with Crippen LogP contribution < -0.4 is 16.2 Å². The molecule has 1 atom stereocenters. The zero-order valence-corrected chi connectivity index (χ0v) is 19.9. The summed E-state index contributed by atoms with van der Waals surface area (Å²) >= 11 is 0. The summed E-state index contributed by atoms with van der Waals surface area (Å²) in [7, 11) is 1.78. The lowest BCUT2D eigenvalue weighted by atomic mass is 9.72. The van der Waals surface area contributed by atoms with E-state index in [1.807, 2.05) is 32.9 Å². The fourth-order valence-corrected chi connectivity index (χ4v) is 4.96. The Labute approximate surface area is 196 Å². The first-order valence-corrected chi connectivity index (χ1v) is 11.5. The number of anilines is 1. The number of aryl methyl sites for hydroxylation is 3. The number of H-pyrrole nitrogens is 1. The summed E-state index contributed by atoms with van der Waals surface area (Å²) in [6.07, 6.45) is 1.81. The van der Waals surface area contributed by atoms with Crippen LogP contribution >= 0.6 is 0 Å². The highest BCUT2D eigenvalue weighted by Crippen LogP contribution is 2.36. The van der Waals surface area contributed by atoms with Crippen LogP contribution in [0.3, 0.4) is 0 Å². The van der Waals surface area contributed by atoms with Gasteiger partial charge in [-0.2, -0.15) is 5.10 Å². The predicted molar refractivity (Wildman–Crippen MR) is 129 cm³/mol. The Morgan fingerprint density at radius 1 is 1.18 bits per heavy atom. The van der Waals surface area contributed by atoms with E-state index in [0.717, 1.165) is 22.2 Å². The van der Waals surface area contributed by atoms with Gasteiger partial charge in [-0.15, -0.1) is 0 Å². The molecule has 1 fully saturated rings. The Kier molecular flexibility index (Phi) is 6.12. The van der Waals surface area contributed by atoms with E-state index in [4.69, 9.17) is 0 Å². The number of rotatable bonds is 6. The van der Waals surface area contributed by atoms with E-state index in [9.17, 15) is 19.2 Å². The number of nitrogens with zero attached hydrogens (tertiary/aromatic N) is 2. The normalized spacial score (nSPS) is 18.2. The van der Waals surface area contributed by atoms with Crippen molar-refractivity contribution >= 4 is 34.4 Å². The highest BCUT2D eigenvalue weighted by molar-refractivity contribution is 6.03. The molecule has 1 saturated heterocycles. The summed E-state index contributed by atoms with van der Waals surface area (Å²) in [6.45, 7) is 5.71. The Balaban J connectivity index is 1.45. The number of benzene rings is 1. The van der Waals surface area contributed by atoms with Crippen molar-refractivity contribution in [2.45, 2.75) is 58.3 Å². The van der Waals surface area contributed by atoms with Gasteiger partial charge >= 0.3 is 0 Å².